The number of halogens is 1. The van der Waals surface area contributed by atoms with Gasteiger partial charge in [-0.05, 0) is 25.3 Å². The lowest BCUT2D eigenvalue weighted by Gasteiger charge is -2.06. The first-order chi connectivity index (χ1) is 7.43. The van der Waals surface area contributed by atoms with Gasteiger partial charge >= 0.3 is 0 Å². The molecule has 16 heavy (non-hydrogen) atoms. The number of allylic oxidation sites excluding steroid dienone is 3. The van der Waals surface area contributed by atoms with E-state index in [2.05, 4.69) is 18.3 Å². The van der Waals surface area contributed by atoms with E-state index in [1.807, 2.05) is 0 Å². The summed E-state index contributed by atoms with van der Waals surface area (Å²) < 4.78 is 0. The lowest BCUT2D eigenvalue weighted by atomic mass is 10.1. The number of aliphatic hydroxyl groups excluding tert-OH is 1. The predicted octanol–water partition coefficient (Wildman–Crippen LogP) is 2.65. The summed E-state index contributed by atoms with van der Waals surface area (Å²) in [5.41, 5.74) is 6.61. The number of nitrogens with zero attached hydrogens (tertiary/aromatic N) is 1. The first-order valence-corrected chi connectivity index (χ1v) is 4.72. The van der Waals surface area contributed by atoms with E-state index in [4.69, 9.17) is 22.7 Å². The molecule has 0 saturated heterocycles. The summed E-state index contributed by atoms with van der Waals surface area (Å²) in [5, 5.41) is 16.7. The second-order valence-corrected chi connectivity index (χ2v) is 3.32. The van der Waals surface area contributed by atoms with E-state index < -0.39 is 0 Å². The van der Waals surface area contributed by atoms with Crippen molar-refractivity contribution in [2.75, 3.05) is 0 Å². The summed E-state index contributed by atoms with van der Waals surface area (Å²) in [6, 6.07) is 0. The molecule has 0 saturated carbocycles. The highest BCUT2D eigenvalue weighted by molar-refractivity contribution is 6.67. The fraction of sp³-hybridized carbons (Fsp3) is 0.0909. The Labute approximate surface area is 99.6 Å². The zero-order chi connectivity index (χ0) is 12.7. The van der Waals surface area contributed by atoms with Gasteiger partial charge in [0.1, 0.15) is 10.9 Å². The average molecular weight is 240 g/mol. The normalized spacial score (nSPS) is 14.1. The molecule has 0 bridgehead atoms. The molecule has 0 aromatic heterocycles. The van der Waals surface area contributed by atoms with Gasteiger partial charge in [0, 0.05) is 11.8 Å². The third kappa shape index (κ3) is 4.14. The van der Waals surface area contributed by atoms with Gasteiger partial charge in [-0.1, -0.05) is 24.3 Å². The van der Waals surface area contributed by atoms with Crippen molar-refractivity contribution < 1.29 is 5.11 Å². The molecule has 4 N–H and O–H groups in total. The highest BCUT2D eigenvalue weighted by Crippen LogP contribution is 2.15. The molecule has 0 unspecified atom stereocenters. The minimum absolute atomic E-state index is 0.111. The largest absolute Gasteiger partial charge is 0.505 e. The molecule has 0 aliphatic carbocycles. The van der Waals surface area contributed by atoms with Gasteiger partial charge in [-0.25, -0.2) is 0 Å². The van der Waals surface area contributed by atoms with Gasteiger partial charge in [-0.15, -0.1) is 0 Å². The van der Waals surface area contributed by atoms with Gasteiger partial charge in [-0.2, -0.15) is 0 Å². The van der Waals surface area contributed by atoms with Crippen LogP contribution in [0.15, 0.2) is 52.5 Å². The number of hydrogen-bond acceptors (Lipinski definition) is 4. The second-order valence-electron chi connectivity index (χ2n) is 2.91. The molecule has 0 aromatic carbocycles. The van der Waals surface area contributed by atoms with Gasteiger partial charge in [-0.3, -0.25) is 10.4 Å². The Morgan fingerprint density at radius 3 is 2.50 bits per heavy atom. The van der Waals surface area contributed by atoms with Crippen molar-refractivity contribution in [3.8, 4) is 0 Å². The number of rotatable bonds is 5. The van der Waals surface area contributed by atoms with Gasteiger partial charge < -0.3 is 10.8 Å². The molecule has 0 amide bonds. The van der Waals surface area contributed by atoms with E-state index in [9.17, 15) is 5.11 Å². The van der Waals surface area contributed by atoms with Gasteiger partial charge in [0.2, 0.25) is 0 Å². The minimum Gasteiger partial charge on any atom is -0.505 e. The Morgan fingerprint density at radius 2 is 2.12 bits per heavy atom. The zero-order valence-corrected chi connectivity index (χ0v) is 9.75. The molecule has 0 heterocycles. The molecule has 0 aliphatic rings. The van der Waals surface area contributed by atoms with E-state index in [0.717, 1.165) is 0 Å². The quantitative estimate of drug-likeness (QED) is 0.392. The monoisotopic (exact) mass is 239 g/mol. The summed E-state index contributed by atoms with van der Waals surface area (Å²) in [5.74, 6) is -0.172. The SMILES string of the molecule is C=CC(=C\N=C)/C(O)=C(N)/C(C)=C\C(=N)Cl. The highest BCUT2D eigenvalue weighted by Gasteiger charge is 2.07. The number of aliphatic hydroxyl groups is 1. The minimum atomic E-state index is -0.172. The molecular weight excluding hydrogens is 226 g/mol. The third-order valence-corrected chi connectivity index (χ3v) is 1.86. The fourth-order valence-electron chi connectivity index (χ4n) is 0.919. The molecule has 0 aromatic rings. The lowest BCUT2D eigenvalue weighted by Crippen LogP contribution is -2.06. The number of hydrogen-bond donors (Lipinski definition) is 3. The molecule has 0 aliphatic heterocycles. The smallest absolute Gasteiger partial charge is 0.147 e. The van der Waals surface area contributed by atoms with Crippen molar-refractivity contribution in [1.82, 2.24) is 0 Å². The summed E-state index contributed by atoms with van der Waals surface area (Å²) in [6.45, 7) is 8.40. The topological polar surface area (TPSA) is 82.5 Å². The van der Waals surface area contributed by atoms with Crippen LogP contribution in [0.1, 0.15) is 6.92 Å². The first kappa shape index (κ1) is 14.2. The second kappa shape index (κ2) is 6.63. The van der Waals surface area contributed by atoms with Gasteiger partial charge in [0.05, 0.1) is 5.70 Å². The maximum absolute atomic E-state index is 9.76. The Hall–Kier alpha value is -1.81. The molecule has 0 fully saturated rings. The van der Waals surface area contributed by atoms with E-state index in [-0.39, 0.29) is 16.6 Å². The van der Waals surface area contributed by atoms with Crippen LogP contribution in [0.2, 0.25) is 0 Å². The lowest BCUT2D eigenvalue weighted by molar-refractivity contribution is 0.419. The van der Waals surface area contributed by atoms with Crippen LogP contribution in [0.3, 0.4) is 0 Å². The first-order valence-electron chi connectivity index (χ1n) is 4.34. The van der Waals surface area contributed by atoms with E-state index in [1.165, 1.54) is 18.4 Å². The summed E-state index contributed by atoms with van der Waals surface area (Å²) in [4.78, 5) is 3.51. The number of nitrogens with one attached hydrogen (secondary N) is 1. The van der Waals surface area contributed by atoms with Crippen LogP contribution in [0, 0.1) is 5.41 Å². The Balaban J connectivity index is 5.40. The summed E-state index contributed by atoms with van der Waals surface area (Å²) >= 11 is 5.38. The van der Waals surface area contributed by atoms with Crippen LogP contribution < -0.4 is 5.73 Å². The maximum Gasteiger partial charge on any atom is 0.147 e. The Kier molecular flexibility index (Phi) is 5.88. The molecule has 86 valence electrons. The highest BCUT2D eigenvalue weighted by atomic mass is 35.5. The van der Waals surface area contributed by atoms with E-state index in [0.29, 0.717) is 11.1 Å². The summed E-state index contributed by atoms with van der Waals surface area (Å²) in [7, 11) is 0. The van der Waals surface area contributed by atoms with Crippen molar-refractivity contribution in [1.29, 1.82) is 5.41 Å². The molecule has 0 radical (unpaired) electrons. The molecule has 0 rings (SSSR count). The van der Waals surface area contributed by atoms with Crippen molar-refractivity contribution in [2.45, 2.75) is 6.92 Å². The van der Waals surface area contributed by atoms with E-state index >= 15 is 0 Å². The molecule has 5 heteroatoms. The Morgan fingerprint density at radius 1 is 1.56 bits per heavy atom. The van der Waals surface area contributed by atoms with Crippen LogP contribution in [0.5, 0.6) is 0 Å². The summed E-state index contributed by atoms with van der Waals surface area (Å²) in [6.07, 6.45) is 4.06. The van der Waals surface area contributed by atoms with Crippen LogP contribution in [-0.4, -0.2) is 17.0 Å². The Bertz CT molecular complexity index is 405. The number of nitrogens with two attached hydrogens (primary N) is 1. The predicted molar refractivity (Wildman–Crippen MR) is 69.0 cm³/mol. The molecule has 0 atom stereocenters. The van der Waals surface area contributed by atoms with Crippen molar-refractivity contribution in [3.05, 3.63) is 47.5 Å². The average Bonchev–Trinajstić information content (AvgIpc) is 2.22. The van der Waals surface area contributed by atoms with E-state index in [1.54, 1.807) is 6.92 Å². The van der Waals surface area contributed by atoms with Crippen molar-refractivity contribution in [3.63, 3.8) is 0 Å². The third-order valence-electron chi connectivity index (χ3n) is 1.75. The zero-order valence-electron chi connectivity index (χ0n) is 9.00. The van der Waals surface area contributed by atoms with Crippen LogP contribution in [-0.2, 0) is 0 Å². The van der Waals surface area contributed by atoms with Gasteiger partial charge in [0.25, 0.3) is 0 Å². The standard InChI is InChI=1S/C11H14ClN3O/c1-4-8(6-15-3)11(16)10(14)7(2)5-9(12)13/h4-6,13,16H,1,3,14H2,2H3/b7-5-,8-6+,11-10+,13-9?. The van der Waals surface area contributed by atoms with Crippen LogP contribution in [0.4, 0.5) is 0 Å². The van der Waals surface area contributed by atoms with Crippen LogP contribution >= 0.6 is 11.6 Å². The van der Waals surface area contributed by atoms with Crippen molar-refractivity contribution in [2.24, 2.45) is 10.7 Å². The fourth-order valence-corrected chi connectivity index (χ4v) is 1.08. The van der Waals surface area contributed by atoms with Crippen LogP contribution in [0.25, 0.3) is 0 Å². The molecule has 0 spiro atoms. The van der Waals surface area contributed by atoms with Gasteiger partial charge in [0.15, 0.2) is 0 Å². The number of aliphatic imine (C=N–C) groups is 1. The van der Waals surface area contributed by atoms with Crippen molar-refractivity contribution >= 4 is 23.5 Å². The molecular formula is C11H14ClN3O. The maximum atomic E-state index is 9.76. The molecule has 4 nitrogen and oxygen atoms in total.